The molecule has 7 heteroatoms. The highest BCUT2D eigenvalue weighted by atomic mass is 32.1. The molecule has 3 N–H and O–H groups in total. The molecule has 0 spiro atoms. The van der Waals surface area contributed by atoms with E-state index in [1.165, 1.54) is 23.5 Å². The number of hydrogen-bond acceptors (Lipinski definition) is 6. The molecule has 20 heavy (non-hydrogen) atoms. The Morgan fingerprint density at radius 3 is 2.90 bits per heavy atom. The van der Waals surface area contributed by atoms with Gasteiger partial charge in [-0.1, -0.05) is 0 Å². The molecule has 0 aliphatic rings. The van der Waals surface area contributed by atoms with Crippen LogP contribution in [0.4, 0.5) is 15.3 Å². The van der Waals surface area contributed by atoms with Crippen LogP contribution in [0.5, 0.6) is 0 Å². The Morgan fingerprint density at radius 1 is 1.45 bits per heavy atom. The summed E-state index contributed by atoms with van der Waals surface area (Å²) in [6.07, 6.45) is 1.56. The van der Waals surface area contributed by atoms with E-state index in [0.717, 1.165) is 5.56 Å². The van der Waals surface area contributed by atoms with Crippen molar-refractivity contribution in [3.63, 3.8) is 0 Å². The van der Waals surface area contributed by atoms with E-state index in [4.69, 9.17) is 5.73 Å². The minimum Gasteiger partial charge on any atom is -0.383 e. The Labute approximate surface area is 120 Å². The number of hydrazone groups is 1. The molecule has 0 aliphatic carbocycles. The summed E-state index contributed by atoms with van der Waals surface area (Å²) in [5, 5.41) is 6.34. The molecule has 0 fully saturated rings. The van der Waals surface area contributed by atoms with E-state index in [1.54, 1.807) is 11.6 Å². The number of hydrogen-bond donors (Lipinski definition) is 2. The third kappa shape index (κ3) is 4.29. The van der Waals surface area contributed by atoms with Crippen LogP contribution in [-0.2, 0) is 6.54 Å². The fraction of sp³-hybridized carbons (Fsp3) is 0.231. The molecule has 0 amide bonds. The molecule has 0 saturated carbocycles. The molecule has 106 valence electrons. The van der Waals surface area contributed by atoms with Gasteiger partial charge in [-0.15, -0.1) is 11.3 Å². The highest BCUT2D eigenvalue weighted by Crippen LogP contribution is 2.16. The summed E-state index contributed by atoms with van der Waals surface area (Å²) in [7, 11) is 3.88. The summed E-state index contributed by atoms with van der Waals surface area (Å²) in [5.41, 5.74) is 9.85. The quantitative estimate of drug-likeness (QED) is 0.656. The molecule has 0 atom stereocenters. The van der Waals surface area contributed by atoms with Gasteiger partial charge in [0.25, 0.3) is 0 Å². The summed E-state index contributed by atoms with van der Waals surface area (Å²) in [6.45, 7) is 0.676. The molecule has 0 radical (unpaired) electrons. The highest BCUT2D eigenvalue weighted by Gasteiger charge is 2.01. The minimum atomic E-state index is -0.274. The van der Waals surface area contributed by atoms with Crippen molar-refractivity contribution in [3.05, 3.63) is 40.5 Å². The number of nitrogens with one attached hydrogen (secondary N) is 1. The number of halogens is 1. The summed E-state index contributed by atoms with van der Waals surface area (Å²) < 4.78 is 13.5. The predicted molar refractivity (Wildman–Crippen MR) is 81.5 cm³/mol. The molecular formula is C13H16FN5S. The first-order valence-electron chi connectivity index (χ1n) is 5.97. The third-order valence-corrected chi connectivity index (χ3v) is 3.14. The second-order valence-corrected chi connectivity index (χ2v) is 5.44. The highest BCUT2D eigenvalue weighted by molar-refractivity contribution is 7.14. The van der Waals surface area contributed by atoms with Crippen molar-refractivity contribution < 1.29 is 4.39 Å². The van der Waals surface area contributed by atoms with Gasteiger partial charge in [0, 0.05) is 11.9 Å². The van der Waals surface area contributed by atoms with E-state index in [1.807, 2.05) is 25.1 Å². The van der Waals surface area contributed by atoms with Crippen molar-refractivity contribution in [3.8, 4) is 0 Å². The number of nitrogens with two attached hydrogens (primary N) is 1. The Bertz CT molecular complexity index is 609. The van der Waals surface area contributed by atoms with Crippen LogP contribution in [0.3, 0.4) is 0 Å². The number of thiazole rings is 1. The lowest BCUT2D eigenvalue weighted by Gasteiger charge is -2.10. The molecular weight excluding hydrogens is 277 g/mol. The predicted octanol–water partition coefficient (Wildman–Crippen LogP) is 2.37. The fourth-order valence-corrected chi connectivity index (χ4v) is 2.25. The second-order valence-electron chi connectivity index (χ2n) is 4.58. The number of aromatic nitrogens is 1. The average Bonchev–Trinajstić information content (AvgIpc) is 2.73. The maximum Gasteiger partial charge on any atom is 0.205 e. The first-order chi connectivity index (χ1) is 9.52. The summed E-state index contributed by atoms with van der Waals surface area (Å²) >= 11 is 1.36. The van der Waals surface area contributed by atoms with E-state index >= 15 is 0 Å². The Hall–Kier alpha value is -1.99. The molecule has 0 bridgehead atoms. The smallest absolute Gasteiger partial charge is 0.205 e. The van der Waals surface area contributed by atoms with E-state index in [2.05, 4.69) is 15.5 Å². The van der Waals surface area contributed by atoms with Crippen molar-refractivity contribution in [1.29, 1.82) is 0 Å². The first kappa shape index (κ1) is 14.4. The monoisotopic (exact) mass is 293 g/mol. The van der Waals surface area contributed by atoms with Crippen molar-refractivity contribution in [2.24, 2.45) is 5.10 Å². The van der Waals surface area contributed by atoms with Crippen LogP contribution < -0.4 is 11.2 Å². The zero-order chi connectivity index (χ0) is 14.5. The SMILES string of the molecule is CN(C)Cc1cc(F)cc(C=NNc2nc(N)cs2)c1. The van der Waals surface area contributed by atoms with Crippen molar-refractivity contribution >= 4 is 28.5 Å². The number of rotatable bonds is 5. The van der Waals surface area contributed by atoms with Gasteiger partial charge in [-0.05, 0) is 43.4 Å². The molecule has 5 nitrogen and oxygen atoms in total. The average molecular weight is 293 g/mol. The van der Waals surface area contributed by atoms with Gasteiger partial charge in [0.05, 0.1) is 6.21 Å². The molecule has 0 aliphatic heterocycles. The van der Waals surface area contributed by atoms with Gasteiger partial charge in [0.2, 0.25) is 5.13 Å². The van der Waals surface area contributed by atoms with Gasteiger partial charge in [-0.25, -0.2) is 9.37 Å². The molecule has 1 aromatic heterocycles. The van der Waals surface area contributed by atoms with Crippen LogP contribution in [0, 0.1) is 5.82 Å². The Kier molecular flexibility index (Phi) is 4.65. The topological polar surface area (TPSA) is 66.5 Å². The zero-order valence-electron chi connectivity index (χ0n) is 11.3. The van der Waals surface area contributed by atoms with Crippen LogP contribution in [0.15, 0.2) is 28.7 Å². The first-order valence-corrected chi connectivity index (χ1v) is 6.85. The summed E-state index contributed by atoms with van der Waals surface area (Å²) in [5.74, 6) is 0.177. The van der Waals surface area contributed by atoms with Gasteiger partial charge < -0.3 is 10.6 Å². The van der Waals surface area contributed by atoms with E-state index in [0.29, 0.717) is 23.1 Å². The Balaban J connectivity index is 2.06. The van der Waals surface area contributed by atoms with Crippen molar-refractivity contribution in [2.75, 3.05) is 25.3 Å². The Morgan fingerprint density at radius 2 is 2.25 bits per heavy atom. The molecule has 2 aromatic rings. The largest absolute Gasteiger partial charge is 0.383 e. The van der Waals surface area contributed by atoms with Gasteiger partial charge in [-0.2, -0.15) is 5.10 Å². The van der Waals surface area contributed by atoms with Crippen LogP contribution in [0.25, 0.3) is 0 Å². The standard InChI is InChI=1S/C13H16FN5S/c1-19(2)7-10-3-9(4-11(14)5-10)6-16-18-13-17-12(15)8-20-13/h3-6,8H,7,15H2,1-2H3,(H,17,18). The number of nitrogen functional groups attached to an aromatic ring is 1. The summed E-state index contributed by atoms with van der Waals surface area (Å²) in [4.78, 5) is 5.99. The summed E-state index contributed by atoms with van der Waals surface area (Å²) in [6, 6.07) is 4.84. The fourth-order valence-electron chi connectivity index (χ4n) is 1.71. The third-order valence-electron chi connectivity index (χ3n) is 2.37. The van der Waals surface area contributed by atoms with Gasteiger partial charge in [0.15, 0.2) is 0 Å². The number of benzene rings is 1. The second kappa shape index (κ2) is 6.44. The zero-order valence-corrected chi connectivity index (χ0v) is 12.1. The lowest BCUT2D eigenvalue weighted by Crippen LogP contribution is -2.11. The van der Waals surface area contributed by atoms with Gasteiger partial charge in [0.1, 0.15) is 11.6 Å². The molecule has 1 heterocycles. The van der Waals surface area contributed by atoms with Crippen LogP contribution >= 0.6 is 11.3 Å². The van der Waals surface area contributed by atoms with Crippen molar-refractivity contribution in [1.82, 2.24) is 9.88 Å². The maximum absolute atomic E-state index is 13.5. The van der Waals surface area contributed by atoms with E-state index in [9.17, 15) is 4.39 Å². The minimum absolute atomic E-state index is 0.274. The van der Waals surface area contributed by atoms with Crippen LogP contribution in [0.2, 0.25) is 0 Å². The normalized spacial score (nSPS) is 11.4. The van der Waals surface area contributed by atoms with E-state index < -0.39 is 0 Å². The molecule has 0 saturated heterocycles. The molecule has 2 rings (SSSR count). The molecule has 0 unspecified atom stereocenters. The number of nitrogens with zero attached hydrogens (tertiary/aromatic N) is 3. The van der Waals surface area contributed by atoms with Gasteiger partial charge in [-0.3, -0.25) is 5.43 Å². The molecule has 1 aromatic carbocycles. The number of anilines is 2. The van der Waals surface area contributed by atoms with E-state index in [-0.39, 0.29) is 5.82 Å². The lowest BCUT2D eigenvalue weighted by molar-refractivity contribution is 0.401. The lowest BCUT2D eigenvalue weighted by atomic mass is 10.1. The maximum atomic E-state index is 13.5. The van der Waals surface area contributed by atoms with Crippen LogP contribution in [0.1, 0.15) is 11.1 Å². The van der Waals surface area contributed by atoms with Crippen LogP contribution in [-0.4, -0.2) is 30.2 Å². The van der Waals surface area contributed by atoms with Crippen molar-refractivity contribution in [2.45, 2.75) is 6.54 Å². The van der Waals surface area contributed by atoms with Gasteiger partial charge >= 0.3 is 0 Å².